The summed E-state index contributed by atoms with van der Waals surface area (Å²) in [5.41, 5.74) is 1.85. The van der Waals surface area contributed by atoms with Gasteiger partial charge in [-0.2, -0.15) is 0 Å². The van der Waals surface area contributed by atoms with Crippen LogP contribution in [0.4, 0.5) is 0 Å². The molecule has 0 radical (unpaired) electrons. The Bertz CT molecular complexity index is 647. The summed E-state index contributed by atoms with van der Waals surface area (Å²) in [5, 5.41) is 3.20. The Morgan fingerprint density at radius 3 is 2.48 bits per heavy atom. The van der Waals surface area contributed by atoms with Gasteiger partial charge in [0.25, 0.3) is 0 Å². The molecule has 106 valence electrons. The maximum Gasteiger partial charge on any atom is 0.181 e. The molecule has 0 aliphatic carbocycles. The molecule has 0 aromatic heterocycles. The first kappa shape index (κ1) is 13.6. The molecule has 0 bridgehead atoms. The quantitative estimate of drug-likeness (QED) is 0.676. The summed E-state index contributed by atoms with van der Waals surface area (Å²) in [6.07, 6.45) is 4.06. The van der Waals surface area contributed by atoms with Crippen LogP contribution in [0.2, 0.25) is 0 Å². The Labute approximate surface area is 124 Å². The predicted molar refractivity (Wildman–Crippen MR) is 83.5 cm³/mol. The van der Waals surface area contributed by atoms with E-state index in [1.807, 2.05) is 66.7 Å². The Morgan fingerprint density at radius 1 is 1.10 bits per heavy atom. The smallest absolute Gasteiger partial charge is 0.181 e. The molecule has 0 saturated carbocycles. The van der Waals surface area contributed by atoms with Crippen LogP contribution in [0.25, 0.3) is 6.08 Å². The van der Waals surface area contributed by atoms with Crippen molar-refractivity contribution in [2.75, 3.05) is 7.11 Å². The average Bonchev–Trinajstić information content (AvgIpc) is 3.33. The van der Waals surface area contributed by atoms with E-state index < -0.39 is 0 Å². The van der Waals surface area contributed by atoms with Crippen LogP contribution in [0, 0.1) is 0 Å². The zero-order valence-electron chi connectivity index (χ0n) is 11.8. The summed E-state index contributed by atoms with van der Waals surface area (Å²) in [7, 11) is 1.65. The molecule has 0 amide bonds. The van der Waals surface area contributed by atoms with Crippen molar-refractivity contribution in [1.29, 1.82) is 0 Å². The SMILES string of the molecule is COc1ccc(/C=C/[C@H]2N[C@@H]2C(=O)c2ccccc2)cc1. The van der Waals surface area contributed by atoms with Crippen molar-refractivity contribution in [3.8, 4) is 5.75 Å². The number of hydrogen-bond donors (Lipinski definition) is 1. The van der Waals surface area contributed by atoms with Gasteiger partial charge in [-0.25, -0.2) is 0 Å². The van der Waals surface area contributed by atoms with E-state index in [0.717, 1.165) is 16.9 Å². The molecule has 1 heterocycles. The largest absolute Gasteiger partial charge is 0.497 e. The van der Waals surface area contributed by atoms with Gasteiger partial charge in [-0.15, -0.1) is 0 Å². The topological polar surface area (TPSA) is 48.2 Å². The molecule has 1 aliphatic rings. The minimum Gasteiger partial charge on any atom is -0.497 e. The Hall–Kier alpha value is -2.39. The number of benzene rings is 2. The summed E-state index contributed by atoms with van der Waals surface area (Å²) in [5.74, 6) is 0.994. The maximum absolute atomic E-state index is 12.2. The third-order valence-electron chi connectivity index (χ3n) is 3.57. The number of carbonyl (C=O) groups excluding carboxylic acids is 1. The second-order valence-electron chi connectivity index (χ2n) is 5.03. The lowest BCUT2D eigenvalue weighted by atomic mass is 10.1. The average molecular weight is 279 g/mol. The number of ether oxygens (including phenoxy) is 1. The van der Waals surface area contributed by atoms with Crippen LogP contribution in [0.1, 0.15) is 15.9 Å². The second kappa shape index (κ2) is 5.94. The molecule has 1 N–H and O–H groups in total. The van der Waals surface area contributed by atoms with Crippen LogP contribution < -0.4 is 10.1 Å². The van der Waals surface area contributed by atoms with E-state index in [4.69, 9.17) is 4.74 Å². The number of methoxy groups -OCH3 is 1. The first-order chi connectivity index (χ1) is 10.3. The summed E-state index contributed by atoms with van der Waals surface area (Å²) in [6, 6.07) is 17.3. The number of ketones is 1. The van der Waals surface area contributed by atoms with Crippen LogP contribution in [-0.2, 0) is 0 Å². The lowest BCUT2D eigenvalue weighted by Crippen LogP contribution is -2.10. The Kier molecular flexibility index (Phi) is 3.84. The summed E-state index contributed by atoms with van der Waals surface area (Å²) >= 11 is 0. The van der Waals surface area contributed by atoms with Crippen LogP contribution in [0.5, 0.6) is 5.75 Å². The van der Waals surface area contributed by atoms with Crippen molar-refractivity contribution in [2.45, 2.75) is 12.1 Å². The van der Waals surface area contributed by atoms with Crippen LogP contribution in [0.3, 0.4) is 0 Å². The number of hydrogen-bond acceptors (Lipinski definition) is 3. The van der Waals surface area contributed by atoms with Crippen molar-refractivity contribution in [1.82, 2.24) is 5.32 Å². The molecule has 0 spiro atoms. The number of nitrogens with one attached hydrogen (secondary N) is 1. The number of carbonyl (C=O) groups is 1. The van der Waals surface area contributed by atoms with Crippen molar-refractivity contribution < 1.29 is 9.53 Å². The van der Waals surface area contributed by atoms with Crippen LogP contribution >= 0.6 is 0 Å². The number of rotatable bonds is 5. The second-order valence-corrected chi connectivity index (χ2v) is 5.03. The van der Waals surface area contributed by atoms with Crippen LogP contribution in [0.15, 0.2) is 60.7 Å². The van der Waals surface area contributed by atoms with E-state index in [-0.39, 0.29) is 17.9 Å². The van der Waals surface area contributed by atoms with Gasteiger partial charge in [0, 0.05) is 11.6 Å². The van der Waals surface area contributed by atoms with E-state index in [0.29, 0.717) is 0 Å². The molecule has 3 heteroatoms. The third kappa shape index (κ3) is 3.20. The first-order valence-corrected chi connectivity index (χ1v) is 6.95. The maximum atomic E-state index is 12.2. The van der Waals surface area contributed by atoms with Gasteiger partial charge in [-0.05, 0) is 17.7 Å². The fraction of sp³-hybridized carbons (Fsp3) is 0.167. The van der Waals surface area contributed by atoms with Gasteiger partial charge in [0.2, 0.25) is 0 Å². The molecule has 2 aromatic rings. The first-order valence-electron chi connectivity index (χ1n) is 6.95. The molecule has 1 saturated heterocycles. The third-order valence-corrected chi connectivity index (χ3v) is 3.57. The highest BCUT2D eigenvalue weighted by Crippen LogP contribution is 2.20. The van der Waals surface area contributed by atoms with Gasteiger partial charge in [-0.3, -0.25) is 10.1 Å². The zero-order valence-corrected chi connectivity index (χ0v) is 11.8. The van der Waals surface area contributed by atoms with Crippen molar-refractivity contribution in [3.05, 3.63) is 71.8 Å². The Balaban J connectivity index is 1.60. The fourth-order valence-corrected chi connectivity index (χ4v) is 2.27. The summed E-state index contributed by atoms with van der Waals surface area (Å²) < 4.78 is 5.12. The Morgan fingerprint density at radius 2 is 1.81 bits per heavy atom. The lowest BCUT2D eigenvalue weighted by molar-refractivity contribution is 0.0989. The molecular weight excluding hydrogens is 262 g/mol. The van der Waals surface area contributed by atoms with Gasteiger partial charge in [0.15, 0.2) is 5.78 Å². The molecule has 1 aliphatic heterocycles. The van der Waals surface area contributed by atoms with Gasteiger partial charge < -0.3 is 4.74 Å². The van der Waals surface area contributed by atoms with E-state index >= 15 is 0 Å². The molecular formula is C18H17NO2. The minimum atomic E-state index is -0.0955. The van der Waals surface area contributed by atoms with Gasteiger partial charge in [0.05, 0.1) is 13.2 Å². The van der Waals surface area contributed by atoms with E-state index in [2.05, 4.69) is 5.32 Å². The molecule has 2 atom stereocenters. The normalized spacial score (nSPS) is 20.4. The highest BCUT2D eigenvalue weighted by atomic mass is 16.5. The van der Waals surface area contributed by atoms with E-state index in [1.165, 1.54) is 0 Å². The molecule has 2 aromatic carbocycles. The van der Waals surface area contributed by atoms with Crippen molar-refractivity contribution in [2.24, 2.45) is 0 Å². The van der Waals surface area contributed by atoms with Crippen molar-refractivity contribution >= 4 is 11.9 Å². The highest BCUT2D eigenvalue weighted by molar-refractivity contribution is 6.03. The van der Waals surface area contributed by atoms with Crippen LogP contribution in [-0.4, -0.2) is 25.0 Å². The summed E-state index contributed by atoms with van der Waals surface area (Å²) in [6.45, 7) is 0. The monoisotopic (exact) mass is 279 g/mol. The van der Waals surface area contributed by atoms with Gasteiger partial charge >= 0.3 is 0 Å². The van der Waals surface area contributed by atoms with Crippen molar-refractivity contribution in [3.63, 3.8) is 0 Å². The van der Waals surface area contributed by atoms with Gasteiger partial charge in [-0.1, -0.05) is 54.6 Å². The van der Waals surface area contributed by atoms with E-state index in [9.17, 15) is 4.79 Å². The highest BCUT2D eigenvalue weighted by Gasteiger charge is 2.40. The lowest BCUT2D eigenvalue weighted by Gasteiger charge is -1.99. The molecule has 3 rings (SSSR count). The summed E-state index contributed by atoms with van der Waals surface area (Å²) in [4.78, 5) is 12.2. The predicted octanol–water partition coefficient (Wildman–Crippen LogP) is 2.93. The zero-order chi connectivity index (χ0) is 14.7. The van der Waals surface area contributed by atoms with Gasteiger partial charge in [0.1, 0.15) is 5.75 Å². The fourth-order valence-electron chi connectivity index (χ4n) is 2.27. The standard InChI is InChI=1S/C18H17NO2/c1-21-15-10-7-13(8-11-15)9-12-16-17(19-16)18(20)14-5-3-2-4-6-14/h2-12,16-17,19H,1H3/b12-9+/t16-,17+/m1/s1. The van der Waals surface area contributed by atoms with E-state index in [1.54, 1.807) is 7.11 Å². The number of Topliss-reactive ketones (excluding diaryl/α,β-unsaturated/α-hetero) is 1. The molecule has 3 nitrogen and oxygen atoms in total. The molecule has 1 fully saturated rings. The molecule has 21 heavy (non-hydrogen) atoms. The molecule has 0 unspecified atom stereocenters. The minimum absolute atomic E-state index is 0.0955.